The molecular weight excluding hydrogens is 204 g/mol. The van der Waals surface area contributed by atoms with Crippen molar-refractivity contribution in [3.05, 3.63) is 0 Å². The fourth-order valence-corrected chi connectivity index (χ4v) is 2.26. The van der Waals surface area contributed by atoms with Gasteiger partial charge in [-0.3, -0.25) is 0 Å². The number of ether oxygens (including phenoxy) is 1. The predicted molar refractivity (Wildman–Crippen MR) is 53.9 cm³/mol. The molecule has 5 heteroatoms. The highest BCUT2D eigenvalue weighted by molar-refractivity contribution is 7.90. The van der Waals surface area contributed by atoms with Crippen LogP contribution in [0, 0.1) is 0 Å². The topological polar surface area (TPSA) is 63.6 Å². The third-order valence-corrected chi connectivity index (χ3v) is 3.41. The van der Waals surface area contributed by atoms with Gasteiger partial charge in [-0.05, 0) is 25.7 Å². The van der Waals surface area contributed by atoms with E-state index < -0.39 is 15.9 Å². The Morgan fingerprint density at radius 1 is 1.50 bits per heavy atom. The average Bonchev–Trinajstić information content (AvgIpc) is 2.14. The Morgan fingerprint density at radius 2 is 2.21 bits per heavy atom. The Hall–Kier alpha value is -0.130. The number of rotatable bonds is 4. The zero-order chi connectivity index (χ0) is 10.6. The van der Waals surface area contributed by atoms with E-state index in [1.807, 2.05) is 0 Å². The van der Waals surface area contributed by atoms with Gasteiger partial charge in [-0.15, -0.1) is 0 Å². The van der Waals surface area contributed by atoms with Crippen LogP contribution in [0.5, 0.6) is 0 Å². The molecule has 0 bridgehead atoms. The van der Waals surface area contributed by atoms with E-state index >= 15 is 0 Å². The van der Waals surface area contributed by atoms with Gasteiger partial charge in [-0.2, -0.15) is 0 Å². The molecule has 1 fully saturated rings. The molecular formula is C9H18O4S. The quantitative estimate of drug-likeness (QED) is 0.745. The molecule has 0 aromatic heterocycles. The summed E-state index contributed by atoms with van der Waals surface area (Å²) >= 11 is 0. The van der Waals surface area contributed by atoms with Crippen LogP contribution >= 0.6 is 0 Å². The van der Waals surface area contributed by atoms with Crippen molar-refractivity contribution in [2.24, 2.45) is 0 Å². The van der Waals surface area contributed by atoms with Crippen LogP contribution in [0.4, 0.5) is 0 Å². The first-order valence-corrected chi connectivity index (χ1v) is 7.02. The number of hydrogen-bond donors (Lipinski definition) is 1. The molecule has 84 valence electrons. The van der Waals surface area contributed by atoms with E-state index in [1.165, 1.54) is 6.26 Å². The summed E-state index contributed by atoms with van der Waals surface area (Å²) in [6, 6.07) is 0. The van der Waals surface area contributed by atoms with E-state index in [2.05, 4.69) is 0 Å². The second-order valence-electron chi connectivity index (χ2n) is 3.89. The summed E-state index contributed by atoms with van der Waals surface area (Å²) in [7, 11) is -2.97. The van der Waals surface area contributed by atoms with Gasteiger partial charge in [0.1, 0.15) is 9.84 Å². The molecule has 1 aliphatic rings. The monoisotopic (exact) mass is 222 g/mol. The Bertz CT molecular complexity index is 254. The number of aliphatic hydroxyl groups is 1. The lowest BCUT2D eigenvalue weighted by atomic mass is 10.0. The Balaban J connectivity index is 2.30. The van der Waals surface area contributed by atoms with E-state index in [1.54, 1.807) is 0 Å². The van der Waals surface area contributed by atoms with Gasteiger partial charge >= 0.3 is 0 Å². The largest absolute Gasteiger partial charge is 0.390 e. The minimum Gasteiger partial charge on any atom is -0.390 e. The first-order valence-electron chi connectivity index (χ1n) is 4.96. The van der Waals surface area contributed by atoms with Crippen molar-refractivity contribution in [1.29, 1.82) is 0 Å². The molecule has 0 saturated carbocycles. The summed E-state index contributed by atoms with van der Waals surface area (Å²) in [6.45, 7) is 0.681. The SMILES string of the molecule is CS(=O)(=O)CCC(O)C1CCCCO1. The summed E-state index contributed by atoms with van der Waals surface area (Å²) in [5.74, 6) is 0.0357. The maximum Gasteiger partial charge on any atom is 0.147 e. The summed E-state index contributed by atoms with van der Waals surface area (Å²) in [5.41, 5.74) is 0. The normalized spacial score (nSPS) is 26.0. The van der Waals surface area contributed by atoms with Crippen molar-refractivity contribution in [3.8, 4) is 0 Å². The molecule has 0 radical (unpaired) electrons. The predicted octanol–water partition coefficient (Wildman–Crippen LogP) is 0.351. The molecule has 1 heterocycles. The third kappa shape index (κ3) is 4.39. The van der Waals surface area contributed by atoms with Crippen LogP contribution in [-0.2, 0) is 14.6 Å². The summed E-state index contributed by atoms with van der Waals surface area (Å²) in [6.07, 6.45) is 3.60. The molecule has 14 heavy (non-hydrogen) atoms. The van der Waals surface area contributed by atoms with E-state index in [4.69, 9.17) is 4.74 Å². The van der Waals surface area contributed by atoms with Crippen LogP contribution in [0.15, 0.2) is 0 Å². The van der Waals surface area contributed by atoms with Gasteiger partial charge in [0.15, 0.2) is 0 Å². The molecule has 1 saturated heterocycles. The second kappa shape index (κ2) is 5.09. The lowest BCUT2D eigenvalue weighted by Gasteiger charge is -2.26. The Kier molecular flexibility index (Phi) is 4.34. The smallest absolute Gasteiger partial charge is 0.147 e. The van der Waals surface area contributed by atoms with Crippen molar-refractivity contribution < 1.29 is 18.3 Å². The molecule has 0 aromatic rings. The summed E-state index contributed by atoms with van der Waals surface area (Å²) in [5, 5.41) is 9.65. The van der Waals surface area contributed by atoms with Gasteiger partial charge in [0.2, 0.25) is 0 Å². The van der Waals surface area contributed by atoms with E-state index in [0.717, 1.165) is 19.3 Å². The molecule has 0 amide bonds. The van der Waals surface area contributed by atoms with Crippen molar-refractivity contribution in [2.45, 2.75) is 37.9 Å². The van der Waals surface area contributed by atoms with Crippen LogP contribution in [-0.4, -0.2) is 44.3 Å². The highest BCUT2D eigenvalue weighted by Gasteiger charge is 2.23. The Labute approximate surface area is 85.2 Å². The maximum atomic E-state index is 10.9. The van der Waals surface area contributed by atoms with Crippen molar-refractivity contribution in [1.82, 2.24) is 0 Å². The van der Waals surface area contributed by atoms with Crippen molar-refractivity contribution >= 4 is 9.84 Å². The average molecular weight is 222 g/mol. The molecule has 4 nitrogen and oxygen atoms in total. The first kappa shape index (κ1) is 11.9. The number of sulfone groups is 1. The molecule has 0 spiro atoms. The fraction of sp³-hybridized carbons (Fsp3) is 1.00. The maximum absolute atomic E-state index is 10.9. The van der Waals surface area contributed by atoms with Crippen molar-refractivity contribution in [3.63, 3.8) is 0 Å². The minimum absolute atomic E-state index is 0.0357. The van der Waals surface area contributed by atoms with Gasteiger partial charge in [0, 0.05) is 12.9 Å². The Morgan fingerprint density at radius 3 is 2.71 bits per heavy atom. The number of hydrogen-bond acceptors (Lipinski definition) is 4. The van der Waals surface area contributed by atoms with Crippen molar-refractivity contribution in [2.75, 3.05) is 18.6 Å². The van der Waals surface area contributed by atoms with Crippen LogP contribution in [0.3, 0.4) is 0 Å². The van der Waals surface area contributed by atoms with Gasteiger partial charge in [-0.25, -0.2) is 8.42 Å². The van der Waals surface area contributed by atoms with E-state index in [-0.39, 0.29) is 18.3 Å². The van der Waals surface area contributed by atoms with Gasteiger partial charge in [0.25, 0.3) is 0 Å². The zero-order valence-electron chi connectivity index (χ0n) is 8.48. The van der Waals surface area contributed by atoms with Crippen LogP contribution in [0.25, 0.3) is 0 Å². The minimum atomic E-state index is -2.97. The standard InChI is InChI=1S/C9H18O4S/c1-14(11,12)7-5-8(10)9-4-2-3-6-13-9/h8-10H,2-7H2,1H3. The first-order chi connectivity index (χ1) is 6.49. The molecule has 1 N–H and O–H groups in total. The zero-order valence-corrected chi connectivity index (χ0v) is 9.29. The summed E-state index contributed by atoms with van der Waals surface area (Å²) < 4.78 is 27.1. The fourth-order valence-electron chi connectivity index (χ4n) is 1.59. The van der Waals surface area contributed by atoms with Crippen LogP contribution in [0.2, 0.25) is 0 Å². The summed E-state index contributed by atoms with van der Waals surface area (Å²) in [4.78, 5) is 0. The molecule has 1 aliphatic heterocycles. The molecule has 2 atom stereocenters. The third-order valence-electron chi connectivity index (χ3n) is 2.43. The van der Waals surface area contributed by atoms with Crippen LogP contribution in [0.1, 0.15) is 25.7 Å². The van der Waals surface area contributed by atoms with Gasteiger partial charge < -0.3 is 9.84 Å². The highest BCUT2D eigenvalue weighted by atomic mass is 32.2. The highest BCUT2D eigenvalue weighted by Crippen LogP contribution is 2.17. The number of aliphatic hydroxyl groups excluding tert-OH is 1. The molecule has 2 unspecified atom stereocenters. The van der Waals surface area contributed by atoms with Crippen LogP contribution < -0.4 is 0 Å². The molecule has 1 rings (SSSR count). The lowest BCUT2D eigenvalue weighted by Crippen LogP contribution is -2.33. The second-order valence-corrected chi connectivity index (χ2v) is 6.15. The molecule has 0 aromatic carbocycles. The van der Waals surface area contributed by atoms with E-state index in [0.29, 0.717) is 6.61 Å². The van der Waals surface area contributed by atoms with Gasteiger partial charge in [-0.1, -0.05) is 0 Å². The van der Waals surface area contributed by atoms with Gasteiger partial charge in [0.05, 0.1) is 18.0 Å². The lowest BCUT2D eigenvalue weighted by molar-refractivity contribution is -0.0622. The molecule has 0 aliphatic carbocycles. The van der Waals surface area contributed by atoms with E-state index in [9.17, 15) is 13.5 Å².